The van der Waals surface area contributed by atoms with E-state index in [1.165, 1.54) is 12.2 Å². The lowest BCUT2D eigenvalue weighted by Gasteiger charge is -2.43. The van der Waals surface area contributed by atoms with E-state index in [1.54, 1.807) is 0 Å². The monoisotopic (exact) mass is 233 g/mol. The number of nitroso groups, excluding NO2 is 1. The van der Waals surface area contributed by atoms with Crippen LogP contribution >= 0.6 is 0 Å². The van der Waals surface area contributed by atoms with Crippen molar-refractivity contribution < 1.29 is 0 Å². The van der Waals surface area contributed by atoms with Crippen LogP contribution < -0.4 is 5.32 Å². The Hall–Kier alpha value is -1.56. The Labute approximate surface area is 99.1 Å². The molecule has 2 aliphatic heterocycles. The predicted molar refractivity (Wildman–Crippen MR) is 64.3 cm³/mol. The zero-order valence-corrected chi connectivity index (χ0v) is 9.60. The molecule has 3 rings (SSSR count). The summed E-state index contributed by atoms with van der Waals surface area (Å²) >= 11 is 0. The standard InChI is InChI=1S/C11H15N5O/c1-6-7-5-16(8-4-14-11(6,7)8)10(13)3-2-9(12)15-17/h2-3,6-8,12-14H,4-5H2,1H3/b3-2-,12-9?,13-10?/t6-,7+,8+,11-/m0/s1. The molecule has 90 valence electrons. The molecule has 4 atom stereocenters. The van der Waals surface area contributed by atoms with Crippen LogP contribution in [0.5, 0.6) is 0 Å². The first-order valence-electron chi connectivity index (χ1n) is 5.81. The molecule has 1 saturated carbocycles. The van der Waals surface area contributed by atoms with Crippen molar-refractivity contribution >= 4 is 11.7 Å². The Morgan fingerprint density at radius 1 is 1.53 bits per heavy atom. The SMILES string of the molecule is C[C@H]1[C@H]2CN(C(=N)/C=C\C(=N)N=O)[C@@H]3CN[C@]213. The summed E-state index contributed by atoms with van der Waals surface area (Å²) in [6.45, 7) is 4.09. The summed E-state index contributed by atoms with van der Waals surface area (Å²) in [5.74, 6) is 1.40. The average Bonchev–Trinajstić information content (AvgIpc) is 2.81. The first-order valence-corrected chi connectivity index (χ1v) is 5.81. The maximum atomic E-state index is 10.0. The summed E-state index contributed by atoms with van der Waals surface area (Å²) in [7, 11) is 0. The van der Waals surface area contributed by atoms with Crippen LogP contribution in [-0.2, 0) is 0 Å². The number of hydrogen-bond acceptors (Lipinski definition) is 4. The average molecular weight is 233 g/mol. The van der Waals surface area contributed by atoms with E-state index >= 15 is 0 Å². The van der Waals surface area contributed by atoms with Gasteiger partial charge < -0.3 is 10.2 Å². The summed E-state index contributed by atoms with van der Waals surface area (Å²) < 4.78 is 0. The van der Waals surface area contributed by atoms with E-state index in [9.17, 15) is 4.91 Å². The van der Waals surface area contributed by atoms with Crippen molar-refractivity contribution in [1.29, 1.82) is 10.8 Å². The van der Waals surface area contributed by atoms with Crippen molar-refractivity contribution in [3.05, 3.63) is 17.1 Å². The summed E-state index contributed by atoms with van der Waals surface area (Å²) in [6, 6.07) is 0.415. The van der Waals surface area contributed by atoms with Gasteiger partial charge in [0.1, 0.15) is 5.84 Å². The van der Waals surface area contributed by atoms with Crippen molar-refractivity contribution in [2.24, 2.45) is 17.0 Å². The number of rotatable bonds is 2. The lowest BCUT2D eigenvalue weighted by molar-refractivity contribution is 0.177. The van der Waals surface area contributed by atoms with Gasteiger partial charge in [-0.2, -0.15) is 0 Å². The molecule has 0 aromatic carbocycles. The summed E-state index contributed by atoms with van der Waals surface area (Å²) in [4.78, 5) is 12.1. The minimum Gasteiger partial charge on any atom is -0.351 e. The molecule has 3 fully saturated rings. The lowest BCUT2D eigenvalue weighted by Crippen LogP contribution is -2.65. The van der Waals surface area contributed by atoms with Crippen LogP contribution in [0.4, 0.5) is 0 Å². The zero-order chi connectivity index (χ0) is 12.2. The molecule has 6 heteroatoms. The Bertz CT molecular complexity index is 445. The normalized spacial score (nSPS) is 41.7. The van der Waals surface area contributed by atoms with Gasteiger partial charge in [0.25, 0.3) is 0 Å². The fourth-order valence-corrected chi connectivity index (χ4v) is 3.52. The lowest BCUT2D eigenvalue weighted by atomic mass is 9.95. The van der Waals surface area contributed by atoms with Gasteiger partial charge in [-0.1, -0.05) is 6.92 Å². The molecule has 2 saturated heterocycles. The third-order valence-corrected chi connectivity index (χ3v) is 4.59. The maximum absolute atomic E-state index is 10.0. The Balaban J connectivity index is 1.68. The quantitative estimate of drug-likeness (QED) is 0.369. The molecular weight excluding hydrogens is 218 g/mol. The highest BCUT2D eigenvalue weighted by molar-refractivity contribution is 5.99. The van der Waals surface area contributed by atoms with Gasteiger partial charge in [0.2, 0.25) is 0 Å². The highest BCUT2D eigenvalue weighted by atomic mass is 16.3. The first kappa shape index (κ1) is 10.6. The third kappa shape index (κ3) is 1.18. The second-order valence-corrected chi connectivity index (χ2v) is 5.07. The zero-order valence-electron chi connectivity index (χ0n) is 9.60. The van der Waals surface area contributed by atoms with Crippen LogP contribution in [0.3, 0.4) is 0 Å². The molecule has 2 heterocycles. The van der Waals surface area contributed by atoms with Crippen molar-refractivity contribution in [2.75, 3.05) is 13.1 Å². The summed E-state index contributed by atoms with van der Waals surface area (Å²) in [5.41, 5.74) is 0.260. The minimum atomic E-state index is -0.339. The molecule has 0 aromatic rings. The van der Waals surface area contributed by atoms with Crippen molar-refractivity contribution in [2.45, 2.75) is 18.5 Å². The van der Waals surface area contributed by atoms with E-state index in [-0.39, 0.29) is 11.4 Å². The maximum Gasteiger partial charge on any atom is 0.189 e. The number of amidine groups is 2. The Morgan fingerprint density at radius 2 is 2.29 bits per heavy atom. The van der Waals surface area contributed by atoms with Crippen molar-refractivity contribution in [3.63, 3.8) is 0 Å². The molecule has 3 aliphatic rings. The van der Waals surface area contributed by atoms with Crippen LogP contribution in [0.2, 0.25) is 0 Å². The van der Waals surface area contributed by atoms with E-state index in [4.69, 9.17) is 10.8 Å². The van der Waals surface area contributed by atoms with Crippen LogP contribution in [0.1, 0.15) is 6.92 Å². The van der Waals surface area contributed by atoms with E-state index in [2.05, 4.69) is 22.3 Å². The summed E-state index contributed by atoms with van der Waals surface area (Å²) in [5, 5.41) is 21.0. The molecule has 17 heavy (non-hydrogen) atoms. The molecule has 6 nitrogen and oxygen atoms in total. The van der Waals surface area contributed by atoms with Gasteiger partial charge >= 0.3 is 0 Å². The van der Waals surface area contributed by atoms with Gasteiger partial charge in [-0.3, -0.25) is 10.8 Å². The molecule has 0 unspecified atom stereocenters. The van der Waals surface area contributed by atoms with Crippen LogP contribution in [0.25, 0.3) is 0 Å². The third-order valence-electron chi connectivity index (χ3n) is 4.59. The van der Waals surface area contributed by atoms with Gasteiger partial charge in [-0.05, 0) is 23.2 Å². The number of nitrogens with one attached hydrogen (secondary N) is 3. The molecular formula is C11H15N5O. The van der Waals surface area contributed by atoms with E-state index in [0.717, 1.165) is 13.1 Å². The van der Waals surface area contributed by atoms with Gasteiger partial charge in [0.05, 0.1) is 6.04 Å². The van der Waals surface area contributed by atoms with Crippen molar-refractivity contribution in [3.8, 4) is 0 Å². The number of hydrogen-bond donors (Lipinski definition) is 3. The van der Waals surface area contributed by atoms with Crippen LogP contribution in [0.15, 0.2) is 17.3 Å². The van der Waals surface area contributed by atoms with E-state index < -0.39 is 0 Å². The van der Waals surface area contributed by atoms with Gasteiger partial charge in [-0.25, -0.2) is 0 Å². The van der Waals surface area contributed by atoms with Gasteiger partial charge in [0.15, 0.2) is 5.84 Å². The Kier molecular flexibility index (Phi) is 2.01. The molecule has 1 spiro atoms. The van der Waals surface area contributed by atoms with E-state index in [0.29, 0.717) is 23.7 Å². The molecule has 3 N–H and O–H groups in total. The number of nitrogens with zero attached hydrogens (tertiary/aromatic N) is 2. The summed E-state index contributed by atoms with van der Waals surface area (Å²) in [6.07, 6.45) is 2.77. The first-order chi connectivity index (χ1) is 8.11. The van der Waals surface area contributed by atoms with Crippen LogP contribution in [-0.4, -0.2) is 41.2 Å². The molecule has 0 amide bonds. The highest BCUT2D eigenvalue weighted by Gasteiger charge is 2.76. The van der Waals surface area contributed by atoms with Crippen LogP contribution in [0, 0.1) is 27.6 Å². The minimum absolute atomic E-state index is 0.260. The van der Waals surface area contributed by atoms with Gasteiger partial charge in [-0.15, -0.1) is 4.91 Å². The smallest absolute Gasteiger partial charge is 0.189 e. The number of piperidine rings is 1. The fraction of sp³-hybridized carbons (Fsp3) is 0.636. The highest BCUT2D eigenvalue weighted by Crippen LogP contribution is 2.62. The topological polar surface area (TPSA) is 92.4 Å². The van der Waals surface area contributed by atoms with Gasteiger partial charge in [0, 0.05) is 24.5 Å². The fourth-order valence-electron chi connectivity index (χ4n) is 3.52. The second-order valence-electron chi connectivity index (χ2n) is 5.07. The largest absolute Gasteiger partial charge is 0.351 e. The second kappa shape index (κ2) is 3.22. The molecule has 1 aliphatic carbocycles. The molecule has 0 radical (unpaired) electrons. The number of likely N-dealkylation sites (tertiary alicyclic amines) is 1. The molecule has 0 aromatic heterocycles. The Morgan fingerprint density at radius 3 is 2.82 bits per heavy atom. The predicted octanol–water partition coefficient (Wildman–Crippen LogP) is 0.556. The van der Waals surface area contributed by atoms with E-state index in [1.807, 2.05) is 0 Å². The molecule has 0 bridgehead atoms. The van der Waals surface area contributed by atoms with Crippen molar-refractivity contribution in [1.82, 2.24) is 10.2 Å².